The molecule has 0 saturated heterocycles. The lowest BCUT2D eigenvalue weighted by Crippen LogP contribution is -2.27. The molecule has 0 heterocycles. The van der Waals surface area contributed by atoms with Crippen LogP contribution in [0.1, 0.15) is 31.1 Å². The van der Waals surface area contributed by atoms with Crippen molar-refractivity contribution in [2.75, 3.05) is 26.0 Å². The van der Waals surface area contributed by atoms with Crippen LogP contribution in [0.25, 0.3) is 0 Å². The molecule has 0 spiro atoms. The number of amides is 2. The molecule has 1 aromatic rings. The van der Waals surface area contributed by atoms with E-state index in [0.29, 0.717) is 11.3 Å². The van der Waals surface area contributed by atoms with Crippen LogP contribution >= 0.6 is 0 Å². The zero-order chi connectivity index (χ0) is 15.3. The van der Waals surface area contributed by atoms with Crippen LogP contribution in [0.15, 0.2) is 24.3 Å². The normalized spacial score (nSPS) is 11.1. The standard InChI is InChI=1S/C15H22N2O3/c1-15(2,3)20-10-13(18)16-12-8-6-11(7-9-12)14(19)17(4)5/h6-9H,10H2,1-5H3,(H,16,18). The second-order valence-electron chi connectivity index (χ2n) is 5.73. The van der Waals surface area contributed by atoms with Crippen molar-refractivity contribution in [1.29, 1.82) is 0 Å². The minimum absolute atomic E-state index is 0.00186. The molecule has 2 amide bonds. The maximum Gasteiger partial charge on any atom is 0.253 e. The highest BCUT2D eigenvalue weighted by atomic mass is 16.5. The van der Waals surface area contributed by atoms with E-state index in [2.05, 4.69) is 5.32 Å². The van der Waals surface area contributed by atoms with Crippen molar-refractivity contribution < 1.29 is 14.3 Å². The minimum Gasteiger partial charge on any atom is -0.366 e. The molecule has 1 N–H and O–H groups in total. The van der Waals surface area contributed by atoms with Gasteiger partial charge in [0, 0.05) is 25.3 Å². The Morgan fingerprint density at radius 1 is 1.15 bits per heavy atom. The third-order valence-electron chi connectivity index (χ3n) is 2.46. The molecule has 0 aliphatic carbocycles. The van der Waals surface area contributed by atoms with Crippen molar-refractivity contribution in [2.24, 2.45) is 0 Å². The monoisotopic (exact) mass is 278 g/mol. The first kappa shape index (κ1) is 16.2. The maximum absolute atomic E-state index is 11.7. The van der Waals surface area contributed by atoms with E-state index >= 15 is 0 Å². The van der Waals surface area contributed by atoms with Gasteiger partial charge in [0.05, 0.1) is 5.60 Å². The Morgan fingerprint density at radius 2 is 1.70 bits per heavy atom. The highest BCUT2D eigenvalue weighted by molar-refractivity contribution is 5.95. The summed E-state index contributed by atoms with van der Waals surface area (Å²) in [4.78, 5) is 24.9. The van der Waals surface area contributed by atoms with Crippen LogP contribution in [-0.2, 0) is 9.53 Å². The lowest BCUT2D eigenvalue weighted by atomic mass is 10.2. The summed E-state index contributed by atoms with van der Waals surface area (Å²) >= 11 is 0. The molecule has 0 aliphatic heterocycles. The molecule has 20 heavy (non-hydrogen) atoms. The number of carbonyl (C=O) groups excluding carboxylic acids is 2. The van der Waals surface area contributed by atoms with Crippen molar-refractivity contribution in [3.8, 4) is 0 Å². The zero-order valence-corrected chi connectivity index (χ0v) is 12.7. The molecule has 0 unspecified atom stereocenters. The van der Waals surface area contributed by atoms with Gasteiger partial charge in [0.15, 0.2) is 0 Å². The smallest absolute Gasteiger partial charge is 0.253 e. The van der Waals surface area contributed by atoms with Gasteiger partial charge in [-0.2, -0.15) is 0 Å². The van der Waals surface area contributed by atoms with Crippen LogP contribution in [0, 0.1) is 0 Å². The first-order valence-electron chi connectivity index (χ1n) is 6.44. The summed E-state index contributed by atoms with van der Waals surface area (Å²) in [5.74, 6) is -0.287. The lowest BCUT2D eigenvalue weighted by Gasteiger charge is -2.19. The fourth-order valence-corrected chi connectivity index (χ4v) is 1.43. The molecular weight excluding hydrogens is 256 g/mol. The SMILES string of the molecule is CN(C)C(=O)c1ccc(NC(=O)COC(C)(C)C)cc1. The number of rotatable bonds is 4. The lowest BCUT2D eigenvalue weighted by molar-refractivity contribution is -0.125. The molecule has 0 saturated carbocycles. The van der Waals surface area contributed by atoms with Crippen LogP contribution in [0.3, 0.4) is 0 Å². The van der Waals surface area contributed by atoms with E-state index in [4.69, 9.17) is 4.74 Å². The van der Waals surface area contributed by atoms with Crippen molar-refractivity contribution in [2.45, 2.75) is 26.4 Å². The largest absolute Gasteiger partial charge is 0.366 e. The summed E-state index contributed by atoms with van der Waals surface area (Å²) in [6.07, 6.45) is 0. The number of nitrogens with zero attached hydrogens (tertiary/aromatic N) is 1. The van der Waals surface area contributed by atoms with Gasteiger partial charge < -0.3 is 15.0 Å². The van der Waals surface area contributed by atoms with Gasteiger partial charge in [-0.25, -0.2) is 0 Å². The summed E-state index contributed by atoms with van der Waals surface area (Å²) < 4.78 is 5.38. The molecule has 1 aromatic carbocycles. The number of anilines is 1. The Morgan fingerprint density at radius 3 is 2.15 bits per heavy atom. The number of ether oxygens (including phenoxy) is 1. The van der Waals surface area contributed by atoms with E-state index in [0.717, 1.165) is 0 Å². The van der Waals surface area contributed by atoms with Crippen molar-refractivity contribution in [3.05, 3.63) is 29.8 Å². The topological polar surface area (TPSA) is 58.6 Å². The number of hydrogen-bond donors (Lipinski definition) is 1. The van der Waals surface area contributed by atoms with Gasteiger partial charge in [-0.3, -0.25) is 9.59 Å². The summed E-state index contributed by atoms with van der Waals surface area (Å²) in [7, 11) is 3.39. The van der Waals surface area contributed by atoms with Gasteiger partial charge in [-0.05, 0) is 45.0 Å². The summed E-state index contributed by atoms with van der Waals surface area (Å²) in [6, 6.07) is 6.77. The first-order chi connectivity index (χ1) is 9.19. The highest BCUT2D eigenvalue weighted by Gasteiger charge is 2.13. The number of benzene rings is 1. The molecular formula is C15H22N2O3. The van der Waals surface area contributed by atoms with Gasteiger partial charge in [0.25, 0.3) is 5.91 Å². The molecule has 0 atom stereocenters. The van der Waals surface area contributed by atoms with Gasteiger partial charge >= 0.3 is 0 Å². The second-order valence-corrected chi connectivity index (χ2v) is 5.73. The summed E-state index contributed by atoms with van der Waals surface area (Å²) in [5.41, 5.74) is 0.876. The summed E-state index contributed by atoms with van der Waals surface area (Å²) in [5, 5.41) is 2.72. The van der Waals surface area contributed by atoms with E-state index in [9.17, 15) is 9.59 Å². The predicted octanol–water partition coefficient (Wildman–Crippen LogP) is 2.14. The van der Waals surface area contributed by atoms with Crippen LogP contribution in [0.4, 0.5) is 5.69 Å². The number of carbonyl (C=O) groups is 2. The van der Waals surface area contributed by atoms with Gasteiger partial charge in [0.2, 0.25) is 5.91 Å². The highest BCUT2D eigenvalue weighted by Crippen LogP contribution is 2.11. The Balaban J connectivity index is 2.57. The van der Waals surface area contributed by atoms with Gasteiger partial charge in [-0.1, -0.05) is 0 Å². The van der Waals surface area contributed by atoms with Crippen LogP contribution < -0.4 is 5.32 Å². The molecule has 110 valence electrons. The Hall–Kier alpha value is -1.88. The first-order valence-corrected chi connectivity index (χ1v) is 6.44. The molecule has 5 nitrogen and oxygen atoms in total. The minimum atomic E-state index is -0.348. The molecule has 0 radical (unpaired) electrons. The Labute approximate surface area is 119 Å². The van der Waals surface area contributed by atoms with Crippen molar-refractivity contribution in [3.63, 3.8) is 0 Å². The van der Waals surface area contributed by atoms with E-state index in [1.165, 1.54) is 4.90 Å². The maximum atomic E-state index is 11.7. The van der Waals surface area contributed by atoms with Gasteiger partial charge in [0.1, 0.15) is 6.61 Å². The van der Waals surface area contributed by atoms with Crippen LogP contribution in [-0.4, -0.2) is 43.0 Å². The average molecular weight is 278 g/mol. The van der Waals surface area contributed by atoms with E-state index in [1.807, 2.05) is 20.8 Å². The number of nitrogens with one attached hydrogen (secondary N) is 1. The van der Waals surface area contributed by atoms with Crippen LogP contribution in [0.2, 0.25) is 0 Å². The second kappa shape index (κ2) is 6.52. The molecule has 0 fully saturated rings. The van der Waals surface area contributed by atoms with E-state index in [1.54, 1.807) is 38.4 Å². The quantitative estimate of drug-likeness (QED) is 0.918. The predicted molar refractivity (Wildman–Crippen MR) is 78.8 cm³/mol. The molecule has 0 aliphatic rings. The number of hydrogen-bond acceptors (Lipinski definition) is 3. The van der Waals surface area contributed by atoms with Crippen LogP contribution in [0.5, 0.6) is 0 Å². The van der Waals surface area contributed by atoms with E-state index < -0.39 is 0 Å². The van der Waals surface area contributed by atoms with Crippen molar-refractivity contribution >= 4 is 17.5 Å². The summed E-state index contributed by atoms with van der Waals surface area (Å²) in [6.45, 7) is 5.67. The molecule has 5 heteroatoms. The fourth-order valence-electron chi connectivity index (χ4n) is 1.43. The fraction of sp³-hybridized carbons (Fsp3) is 0.467. The Kier molecular flexibility index (Phi) is 5.27. The molecule has 0 aromatic heterocycles. The molecule has 1 rings (SSSR count). The van der Waals surface area contributed by atoms with E-state index in [-0.39, 0.29) is 24.0 Å². The van der Waals surface area contributed by atoms with Gasteiger partial charge in [-0.15, -0.1) is 0 Å². The van der Waals surface area contributed by atoms with Crippen molar-refractivity contribution in [1.82, 2.24) is 4.90 Å². The molecule has 0 bridgehead atoms. The third kappa shape index (κ3) is 5.40. The Bertz CT molecular complexity index is 473. The zero-order valence-electron chi connectivity index (χ0n) is 12.7. The average Bonchev–Trinajstić information content (AvgIpc) is 2.35. The third-order valence-corrected chi connectivity index (χ3v) is 2.46.